The van der Waals surface area contributed by atoms with Crippen molar-refractivity contribution in [2.24, 2.45) is 5.92 Å². The molecule has 2 atom stereocenters. The Hall–Kier alpha value is 0.657. The molecule has 0 aliphatic heterocycles. The zero-order valence-corrected chi connectivity index (χ0v) is 13.1. The van der Waals surface area contributed by atoms with Gasteiger partial charge in [0.2, 0.25) is 0 Å². The number of hydrogen-bond acceptors (Lipinski definition) is 1. The lowest BCUT2D eigenvalue weighted by molar-refractivity contribution is 0.0598. The molecule has 0 saturated heterocycles. The maximum absolute atomic E-state index is 6.24. The summed E-state index contributed by atoms with van der Waals surface area (Å²) in [6.45, 7) is 6.82. The van der Waals surface area contributed by atoms with Crippen LogP contribution in [0.3, 0.4) is 0 Å². The standard InChI is InChI=1S/C12H25BrOSi/c1-4-5-8-11-9-6-7-10-12(11,13)14-15(2)3/h11,15H,4-10H2,1-3H3. The predicted molar refractivity (Wildman–Crippen MR) is 73.1 cm³/mol. The van der Waals surface area contributed by atoms with E-state index in [1.54, 1.807) is 0 Å². The molecule has 0 aromatic heterocycles. The lowest BCUT2D eigenvalue weighted by Gasteiger charge is -2.41. The quantitative estimate of drug-likeness (QED) is 0.537. The highest BCUT2D eigenvalue weighted by molar-refractivity contribution is 9.10. The maximum atomic E-state index is 6.24. The zero-order valence-electron chi connectivity index (χ0n) is 10.4. The summed E-state index contributed by atoms with van der Waals surface area (Å²) < 4.78 is 6.29. The normalized spacial score (nSPS) is 32.2. The minimum atomic E-state index is -0.930. The average Bonchev–Trinajstić information content (AvgIpc) is 2.15. The highest BCUT2D eigenvalue weighted by Gasteiger charge is 2.39. The molecule has 0 heterocycles. The van der Waals surface area contributed by atoms with Crippen LogP contribution in [0.25, 0.3) is 0 Å². The third-order valence-corrected chi connectivity index (χ3v) is 5.74. The summed E-state index contributed by atoms with van der Waals surface area (Å²) in [6, 6.07) is 0. The Kier molecular flexibility index (Phi) is 5.86. The van der Waals surface area contributed by atoms with E-state index in [1.807, 2.05) is 0 Å². The van der Waals surface area contributed by atoms with Crippen LogP contribution < -0.4 is 0 Å². The summed E-state index contributed by atoms with van der Waals surface area (Å²) in [5.41, 5.74) is 0. The molecule has 1 aliphatic rings. The average molecular weight is 293 g/mol. The van der Waals surface area contributed by atoms with E-state index in [9.17, 15) is 0 Å². The van der Waals surface area contributed by atoms with E-state index in [-0.39, 0.29) is 4.51 Å². The maximum Gasteiger partial charge on any atom is 0.172 e. The summed E-state index contributed by atoms with van der Waals surface area (Å²) in [5, 5.41) is 0. The Morgan fingerprint density at radius 1 is 1.40 bits per heavy atom. The van der Waals surface area contributed by atoms with Gasteiger partial charge in [-0.2, -0.15) is 0 Å². The Morgan fingerprint density at radius 2 is 2.13 bits per heavy atom. The monoisotopic (exact) mass is 292 g/mol. The smallest absolute Gasteiger partial charge is 0.172 e. The summed E-state index contributed by atoms with van der Waals surface area (Å²) in [6.07, 6.45) is 9.28. The second-order valence-electron chi connectivity index (χ2n) is 5.04. The van der Waals surface area contributed by atoms with Crippen LogP contribution in [0.2, 0.25) is 13.1 Å². The van der Waals surface area contributed by atoms with E-state index < -0.39 is 9.04 Å². The van der Waals surface area contributed by atoms with Gasteiger partial charge in [0, 0.05) is 0 Å². The van der Waals surface area contributed by atoms with E-state index in [0.29, 0.717) is 0 Å². The van der Waals surface area contributed by atoms with Crippen molar-refractivity contribution in [3.05, 3.63) is 0 Å². The SMILES string of the molecule is CCCCC1CCCCC1(Br)O[SiH](C)C. The van der Waals surface area contributed by atoms with Gasteiger partial charge in [-0.3, -0.25) is 0 Å². The van der Waals surface area contributed by atoms with Crippen molar-refractivity contribution in [3.8, 4) is 0 Å². The molecular formula is C12H25BrOSi. The molecule has 0 aromatic carbocycles. The second kappa shape index (κ2) is 6.41. The Balaban J connectivity index is 2.54. The fourth-order valence-corrected chi connectivity index (χ4v) is 5.49. The van der Waals surface area contributed by atoms with Crippen LogP contribution in [0.1, 0.15) is 51.9 Å². The summed E-state index contributed by atoms with van der Waals surface area (Å²) in [7, 11) is -0.930. The minimum absolute atomic E-state index is 0.0425. The molecule has 1 aliphatic carbocycles. The highest BCUT2D eigenvalue weighted by Crippen LogP contribution is 2.44. The molecule has 0 bridgehead atoms. The first-order chi connectivity index (χ1) is 7.08. The fraction of sp³-hybridized carbons (Fsp3) is 1.00. The van der Waals surface area contributed by atoms with Crippen LogP contribution in [-0.2, 0) is 4.43 Å². The molecule has 1 saturated carbocycles. The van der Waals surface area contributed by atoms with Gasteiger partial charge in [-0.1, -0.05) is 42.1 Å². The molecule has 1 rings (SSSR count). The molecule has 1 nitrogen and oxygen atoms in total. The van der Waals surface area contributed by atoms with Crippen LogP contribution in [0, 0.1) is 5.92 Å². The molecule has 0 N–H and O–H groups in total. The second-order valence-corrected chi connectivity index (χ2v) is 8.71. The number of rotatable bonds is 5. The minimum Gasteiger partial charge on any atom is -0.405 e. The Morgan fingerprint density at radius 3 is 2.73 bits per heavy atom. The summed E-state index contributed by atoms with van der Waals surface area (Å²) in [5.74, 6) is 0.751. The molecule has 0 spiro atoms. The van der Waals surface area contributed by atoms with Crippen molar-refractivity contribution in [3.63, 3.8) is 0 Å². The molecule has 0 aromatic rings. The lowest BCUT2D eigenvalue weighted by atomic mass is 9.83. The van der Waals surface area contributed by atoms with Gasteiger partial charge >= 0.3 is 0 Å². The Labute approximate surface area is 105 Å². The van der Waals surface area contributed by atoms with Gasteiger partial charge in [0.25, 0.3) is 0 Å². The van der Waals surface area contributed by atoms with E-state index in [2.05, 4.69) is 35.9 Å². The largest absolute Gasteiger partial charge is 0.405 e. The van der Waals surface area contributed by atoms with Gasteiger partial charge in [-0.25, -0.2) is 0 Å². The van der Waals surface area contributed by atoms with E-state index >= 15 is 0 Å². The van der Waals surface area contributed by atoms with Crippen LogP contribution >= 0.6 is 15.9 Å². The molecule has 0 radical (unpaired) electrons. The lowest BCUT2D eigenvalue weighted by Crippen LogP contribution is -2.40. The molecule has 3 heteroatoms. The van der Waals surface area contributed by atoms with E-state index in [0.717, 1.165) is 5.92 Å². The number of hydrogen-bond donors (Lipinski definition) is 0. The first kappa shape index (κ1) is 13.7. The van der Waals surface area contributed by atoms with E-state index in [4.69, 9.17) is 4.43 Å². The third kappa shape index (κ3) is 4.20. The van der Waals surface area contributed by atoms with Crippen molar-refractivity contribution in [2.45, 2.75) is 69.5 Å². The van der Waals surface area contributed by atoms with Gasteiger partial charge in [-0.05, 0) is 44.7 Å². The van der Waals surface area contributed by atoms with Gasteiger partial charge in [0.1, 0.15) is 4.51 Å². The summed E-state index contributed by atoms with van der Waals surface area (Å²) >= 11 is 3.91. The van der Waals surface area contributed by atoms with Crippen LogP contribution in [0.15, 0.2) is 0 Å². The predicted octanol–water partition coefficient (Wildman–Crippen LogP) is 4.46. The van der Waals surface area contributed by atoms with Crippen molar-refractivity contribution >= 4 is 25.0 Å². The van der Waals surface area contributed by atoms with E-state index in [1.165, 1.54) is 44.9 Å². The zero-order chi connectivity index (χ0) is 11.3. The van der Waals surface area contributed by atoms with Crippen molar-refractivity contribution in [1.82, 2.24) is 0 Å². The third-order valence-electron chi connectivity index (χ3n) is 3.27. The molecule has 90 valence electrons. The summed E-state index contributed by atoms with van der Waals surface area (Å²) in [4.78, 5) is 0. The van der Waals surface area contributed by atoms with Crippen molar-refractivity contribution in [2.75, 3.05) is 0 Å². The van der Waals surface area contributed by atoms with Crippen LogP contribution in [0.4, 0.5) is 0 Å². The van der Waals surface area contributed by atoms with Gasteiger partial charge in [0.15, 0.2) is 9.04 Å². The first-order valence-electron chi connectivity index (χ1n) is 6.45. The first-order valence-corrected chi connectivity index (χ1v) is 10.0. The molecule has 1 fully saturated rings. The van der Waals surface area contributed by atoms with Crippen molar-refractivity contribution < 1.29 is 4.43 Å². The molecule has 0 amide bonds. The van der Waals surface area contributed by atoms with Crippen LogP contribution in [0.5, 0.6) is 0 Å². The van der Waals surface area contributed by atoms with Gasteiger partial charge in [0.05, 0.1) is 0 Å². The number of alkyl halides is 1. The Bertz CT molecular complexity index is 186. The molecular weight excluding hydrogens is 268 g/mol. The fourth-order valence-electron chi connectivity index (χ4n) is 2.53. The van der Waals surface area contributed by atoms with Crippen molar-refractivity contribution in [1.29, 1.82) is 0 Å². The van der Waals surface area contributed by atoms with Gasteiger partial charge < -0.3 is 4.43 Å². The molecule has 15 heavy (non-hydrogen) atoms. The van der Waals surface area contributed by atoms with Crippen LogP contribution in [-0.4, -0.2) is 13.6 Å². The number of halogens is 1. The topological polar surface area (TPSA) is 9.23 Å². The highest BCUT2D eigenvalue weighted by atomic mass is 79.9. The number of unbranched alkanes of at least 4 members (excludes halogenated alkanes) is 1. The molecule has 2 unspecified atom stereocenters. The van der Waals surface area contributed by atoms with Gasteiger partial charge in [-0.15, -0.1) is 0 Å².